The molecule has 2 aromatic carbocycles. The van der Waals surface area contributed by atoms with E-state index in [4.69, 9.17) is 0 Å². The van der Waals surface area contributed by atoms with Crippen LogP contribution in [0.2, 0.25) is 0 Å². The van der Waals surface area contributed by atoms with Crippen molar-refractivity contribution in [2.24, 2.45) is 0 Å². The van der Waals surface area contributed by atoms with E-state index in [-0.39, 0.29) is 0 Å². The normalized spacial score (nSPS) is 22.3. The number of nitrogens with zero attached hydrogens (tertiary/aromatic N) is 2. The van der Waals surface area contributed by atoms with Crippen molar-refractivity contribution in [2.45, 2.75) is 161 Å². The molecule has 4 aliphatic rings. The van der Waals surface area contributed by atoms with E-state index in [0.29, 0.717) is 5.91 Å². The Morgan fingerprint density at radius 3 is 1.02 bits per heavy atom. The average molecular weight is 587 g/mol. The Hall–Kier alpha value is -1.79. The van der Waals surface area contributed by atoms with E-state index in [9.17, 15) is 0 Å². The summed E-state index contributed by atoms with van der Waals surface area (Å²) >= 11 is 0. The van der Waals surface area contributed by atoms with E-state index < -0.39 is 7.26 Å². The van der Waals surface area contributed by atoms with Crippen LogP contribution in [0.25, 0.3) is 0 Å². The molecule has 0 unspecified atom stereocenters. The van der Waals surface area contributed by atoms with Crippen LogP contribution in [0.5, 0.6) is 0 Å². The van der Waals surface area contributed by atoms with Gasteiger partial charge in [-0.25, -0.2) is 0 Å². The molecule has 0 saturated heterocycles. The summed E-state index contributed by atoms with van der Waals surface area (Å²) in [6, 6.07) is 9.79. The Morgan fingerprint density at radius 2 is 0.738 bits per heavy atom. The van der Waals surface area contributed by atoms with Crippen molar-refractivity contribution in [3.8, 4) is 0 Å². The number of anilines is 2. The average Bonchev–Trinajstić information content (AvgIpc) is 3.38. The summed E-state index contributed by atoms with van der Waals surface area (Å²) < 4.78 is 0. The summed E-state index contributed by atoms with van der Waals surface area (Å²) in [5, 5.41) is 0. The van der Waals surface area contributed by atoms with Gasteiger partial charge in [0.05, 0.1) is 0 Å². The molecule has 0 atom stereocenters. The van der Waals surface area contributed by atoms with Gasteiger partial charge in [-0.2, -0.15) is 0 Å². The Labute approximate surface area is 258 Å². The van der Waals surface area contributed by atoms with Crippen molar-refractivity contribution in [1.82, 2.24) is 0 Å². The van der Waals surface area contributed by atoms with Gasteiger partial charge >= 0.3 is 259 Å². The molecule has 0 radical (unpaired) electrons. The minimum atomic E-state index is -1.98. The molecule has 0 spiro atoms. The molecule has 230 valence electrons. The number of rotatable bonds is 6. The summed E-state index contributed by atoms with van der Waals surface area (Å²) in [5.74, 6) is 0.479. The molecular formula is C39H59N2P. The summed E-state index contributed by atoms with van der Waals surface area (Å²) in [5.41, 5.74) is 14.5. The molecule has 3 fully saturated rings. The Bertz CT molecular complexity index is 1120. The molecule has 42 heavy (non-hydrogen) atoms. The molecule has 3 saturated carbocycles. The molecule has 3 aliphatic carbocycles. The Balaban J connectivity index is 1.63. The van der Waals surface area contributed by atoms with Crippen LogP contribution in [-0.4, -0.2) is 22.9 Å². The van der Waals surface area contributed by atoms with E-state index in [1.54, 1.807) is 0 Å². The molecular weight excluding hydrogens is 527 g/mol. The van der Waals surface area contributed by atoms with Crippen LogP contribution >= 0.6 is 7.26 Å². The van der Waals surface area contributed by atoms with Gasteiger partial charge in [-0.3, -0.25) is 0 Å². The second-order valence-electron chi connectivity index (χ2n) is 15.0. The van der Waals surface area contributed by atoms with Gasteiger partial charge < -0.3 is 0 Å². The SMILES string of the molecule is Cc1cc(C)c(N2C=CN(c3c(C)cc(C)cc3C)C2[PH](C2CCCCC2)(C2CCCCC2)C2CCCCC2)c(C)c1. The van der Waals surface area contributed by atoms with Gasteiger partial charge in [-0.05, 0) is 0 Å². The summed E-state index contributed by atoms with van der Waals surface area (Å²) in [6.45, 7) is 14.1. The molecule has 3 heteroatoms. The van der Waals surface area contributed by atoms with Gasteiger partial charge in [0.25, 0.3) is 0 Å². The first kappa shape index (κ1) is 30.2. The summed E-state index contributed by atoms with van der Waals surface area (Å²) in [4.78, 5) is 5.79. The fourth-order valence-electron chi connectivity index (χ4n) is 10.9. The van der Waals surface area contributed by atoms with Crippen molar-refractivity contribution in [2.75, 3.05) is 9.80 Å². The molecule has 0 N–H and O–H groups in total. The zero-order valence-electron chi connectivity index (χ0n) is 27.8. The molecule has 1 aliphatic heterocycles. The van der Waals surface area contributed by atoms with E-state index in [1.165, 1.54) is 141 Å². The Morgan fingerprint density at radius 1 is 0.452 bits per heavy atom. The quantitative estimate of drug-likeness (QED) is 0.311. The number of hydrogen-bond acceptors (Lipinski definition) is 2. The molecule has 2 aromatic rings. The van der Waals surface area contributed by atoms with Gasteiger partial charge in [-0.1, -0.05) is 0 Å². The predicted octanol–water partition coefficient (Wildman–Crippen LogP) is 11.4. The maximum atomic E-state index is 2.90. The van der Waals surface area contributed by atoms with E-state index in [1.807, 2.05) is 0 Å². The van der Waals surface area contributed by atoms with Gasteiger partial charge in [0.15, 0.2) is 0 Å². The molecule has 0 aromatic heterocycles. The predicted molar refractivity (Wildman–Crippen MR) is 188 cm³/mol. The molecule has 0 amide bonds. The van der Waals surface area contributed by atoms with Crippen LogP contribution in [0, 0.1) is 41.5 Å². The van der Waals surface area contributed by atoms with Crippen molar-refractivity contribution < 1.29 is 0 Å². The minimum absolute atomic E-state index is 0.479. The summed E-state index contributed by atoms with van der Waals surface area (Å²) in [7, 11) is -1.98. The van der Waals surface area contributed by atoms with Crippen molar-refractivity contribution in [3.63, 3.8) is 0 Å². The van der Waals surface area contributed by atoms with Gasteiger partial charge in [0.2, 0.25) is 0 Å². The van der Waals surface area contributed by atoms with Gasteiger partial charge in [-0.15, -0.1) is 0 Å². The second kappa shape index (κ2) is 12.7. The third-order valence-corrected chi connectivity index (χ3v) is 19.5. The first-order chi connectivity index (χ1) is 20.3. The van der Waals surface area contributed by atoms with Crippen LogP contribution in [0.15, 0.2) is 36.7 Å². The number of hydrogen-bond donors (Lipinski definition) is 0. The van der Waals surface area contributed by atoms with Gasteiger partial charge in [0.1, 0.15) is 0 Å². The van der Waals surface area contributed by atoms with E-state index >= 15 is 0 Å². The zero-order chi connectivity index (χ0) is 29.4. The van der Waals surface area contributed by atoms with E-state index in [2.05, 4.69) is 88.0 Å². The van der Waals surface area contributed by atoms with Crippen LogP contribution in [0.3, 0.4) is 0 Å². The fourth-order valence-corrected chi connectivity index (χ4v) is 19.8. The standard InChI is InChI=1S/C39H59N2P/c1-28-24-30(3)37(31(4)25-28)40-22-23-41(38-32(5)26-29(2)27-33(38)6)39(40)42(34-16-10-7-11-17-34,35-18-12-8-13-19-35)36-20-14-9-15-21-36/h22-27,34-36,39,42H,7-21H2,1-6H3. The molecule has 1 heterocycles. The monoisotopic (exact) mass is 586 g/mol. The number of benzene rings is 2. The third-order valence-electron chi connectivity index (χ3n) is 12.1. The topological polar surface area (TPSA) is 6.48 Å². The molecule has 6 rings (SSSR count). The molecule has 2 nitrogen and oxygen atoms in total. The fraction of sp³-hybridized carbons (Fsp3) is 0.641. The second-order valence-corrected chi connectivity index (χ2v) is 20.0. The Kier molecular flexibility index (Phi) is 9.13. The molecule has 0 bridgehead atoms. The first-order valence-corrected chi connectivity index (χ1v) is 20.0. The van der Waals surface area contributed by atoms with Crippen molar-refractivity contribution in [1.29, 1.82) is 0 Å². The van der Waals surface area contributed by atoms with Gasteiger partial charge in [0, 0.05) is 0 Å². The third kappa shape index (κ3) is 5.38. The maximum absolute atomic E-state index is 2.90. The number of aryl methyl sites for hydroxylation is 6. The van der Waals surface area contributed by atoms with Crippen molar-refractivity contribution in [3.05, 3.63) is 70.0 Å². The zero-order valence-corrected chi connectivity index (χ0v) is 28.8. The van der Waals surface area contributed by atoms with E-state index in [0.717, 1.165) is 17.0 Å². The first-order valence-electron chi connectivity index (χ1n) is 17.7. The summed E-state index contributed by atoms with van der Waals surface area (Å²) in [6.07, 6.45) is 27.2. The van der Waals surface area contributed by atoms with Crippen molar-refractivity contribution >= 4 is 18.6 Å². The van der Waals surface area contributed by atoms with Crippen LogP contribution in [0.1, 0.15) is 130 Å². The van der Waals surface area contributed by atoms with Crippen LogP contribution in [0.4, 0.5) is 11.4 Å². The van der Waals surface area contributed by atoms with Crippen LogP contribution in [-0.2, 0) is 0 Å². The van der Waals surface area contributed by atoms with Crippen LogP contribution < -0.4 is 9.80 Å².